The molecule has 0 saturated carbocycles. The van der Waals surface area contributed by atoms with Gasteiger partial charge in [-0.3, -0.25) is 14.5 Å². The minimum absolute atomic E-state index is 0.0341. The molecule has 8 nitrogen and oxygen atoms in total. The number of benzene rings is 1. The van der Waals surface area contributed by atoms with Crippen LogP contribution in [0.1, 0.15) is 15.9 Å². The molecule has 1 amide bonds. The predicted molar refractivity (Wildman–Crippen MR) is 118 cm³/mol. The molecule has 0 bridgehead atoms. The van der Waals surface area contributed by atoms with Gasteiger partial charge in [0.15, 0.2) is 0 Å². The van der Waals surface area contributed by atoms with E-state index in [0.29, 0.717) is 25.3 Å². The van der Waals surface area contributed by atoms with Crippen molar-refractivity contribution in [2.24, 2.45) is 0 Å². The van der Waals surface area contributed by atoms with E-state index in [9.17, 15) is 4.79 Å². The highest BCUT2D eigenvalue weighted by Crippen LogP contribution is 2.27. The third-order valence-electron chi connectivity index (χ3n) is 5.56. The molecule has 1 aliphatic heterocycles. The summed E-state index contributed by atoms with van der Waals surface area (Å²) in [5, 5.41) is 7.85. The molecular weight excluding hydrogens is 392 g/mol. The number of ether oxygens (including phenoxy) is 1. The number of aromatic amines is 1. The monoisotopic (exact) mass is 416 g/mol. The fraction of sp³-hybridized carbons (Fsp3) is 0.261. The lowest BCUT2D eigenvalue weighted by Gasteiger charge is -2.28. The van der Waals surface area contributed by atoms with Gasteiger partial charge in [-0.1, -0.05) is 30.3 Å². The van der Waals surface area contributed by atoms with Gasteiger partial charge < -0.3 is 14.5 Å². The number of aromatic nitrogens is 4. The molecule has 1 aliphatic rings. The van der Waals surface area contributed by atoms with Crippen molar-refractivity contribution < 1.29 is 9.53 Å². The number of amides is 1. The summed E-state index contributed by atoms with van der Waals surface area (Å²) in [6.45, 7) is 3.34. The first-order valence-corrected chi connectivity index (χ1v) is 10.3. The molecule has 3 aromatic heterocycles. The molecule has 0 aliphatic carbocycles. The van der Waals surface area contributed by atoms with Crippen LogP contribution in [0.15, 0.2) is 60.9 Å². The quantitative estimate of drug-likeness (QED) is 0.541. The summed E-state index contributed by atoms with van der Waals surface area (Å²) in [6.07, 6.45) is 3.62. The Hall–Kier alpha value is -3.65. The Morgan fingerprint density at radius 2 is 1.97 bits per heavy atom. The molecule has 8 heteroatoms. The number of pyridine rings is 1. The summed E-state index contributed by atoms with van der Waals surface area (Å²) in [7, 11) is 1.84. The zero-order valence-electron chi connectivity index (χ0n) is 17.4. The molecule has 0 radical (unpaired) electrons. The van der Waals surface area contributed by atoms with Gasteiger partial charge in [0.1, 0.15) is 17.3 Å². The van der Waals surface area contributed by atoms with E-state index >= 15 is 0 Å². The van der Waals surface area contributed by atoms with Crippen LogP contribution >= 0.6 is 0 Å². The van der Waals surface area contributed by atoms with Gasteiger partial charge in [-0.05, 0) is 17.7 Å². The molecule has 4 heterocycles. The van der Waals surface area contributed by atoms with Crippen LogP contribution in [0, 0.1) is 0 Å². The number of fused-ring (bicyclic) bond motifs is 1. The molecule has 5 rings (SSSR count). The first kappa shape index (κ1) is 19.3. The number of hydrogen-bond donors (Lipinski definition) is 1. The summed E-state index contributed by atoms with van der Waals surface area (Å²) in [5.41, 5.74) is 2.46. The van der Waals surface area contributed by atoms with Crippen LogP contribution in [0.2, 0.25) is 0 Å². The standard InChI is InChI=1S/C23H24N6O2/c1-27(16-17-5-3-2-4-6-17)23(30)19-15-21(28-11-13-31-14-12-28)25-22-18(19)8-10-29(22)20-7-9-24-26-20/h2-10,15H,11-14,16H2,1H3,(H,24,26). The van der Waals surface area contributed by atoms with Crippen molar-refractivity contribution in [1.82, 2.24) is 24.6 Å². The molecule has 1 fully saturated rings. The summed E-state index contributed by atoms with van der Waals surface area (Å²) in [4.78, 5) is 22.4. The SMILES string of the molecule is CN(Cc1ccccc1)C(=O)c1cc(N2CCOCC2)nc2c1ccn2-c1ccn[nH]1. The summed E-state index contributed by atoms with van der Waals surface area (Å²) in [5.74, 6) is 1.55. The van der Waals surface area contributed by atoms with Gasteiger partial charge in [0.05, 0.1) is 25.0 Å². The van der Waals surface area contributed by atoms with E-state index in [1.165, 1.54) is 0 Å². The van der Waals surface area contributed by atoms with E-state index in [1.54, 1.807) is 11.1 Å². The van der Waals surface area contributed by atoms with Gasteiger partial charge >= 0.3 is 0 Å². The van der Waals surface area contributed by atoms with E-state index in [4.69, 9.17) is 9.72 Å². The van der Waals surface area contributed by atoms with Crippen LogP contribution in [-0.4, -0.2) is 63.9 Å². The zero-order valence-corrected chi connectivity index (χ0v) is 17.4. The number of morpholine rings is 1. The fourth-order valence-corrected chi connectivity index (χ4v) is 3.94. The molecule has 4 aromatic rings. The summed E-state index contributed by atoms with van der Waals surface area (Å²) in [6, 6.07) is 15.7. The number of nitrogens with one attached hydrogen (secondary N) is 1. The van der Waals surface area contributed by atoms with Crippen LogP contribution in [0.3, 0.4) is 0 Å². The molecule has 1 saturated heterocycles. The number of hydrogen-bond acceptors (Lipinski definition) is 5. The average molecular weight is 416 g/mol. The van der Waals surface area contributed by atoms with Gasteiger partial charge in [0.25, 0.3) is 5.91 Å². The second kappa shape index (κ2) is 8.23. The van der Waals surface area contributed by atoms with Crippen LogP contribution in [-0.2, 0) is 11.3 Å². The van der Waals surface area contributed by atoms with Crippen molar-refractivity contribution in [3.8, 4) is 5.82 Å². The number of H-pyrrole nitrogens is 1. The molecule has 0 unspecified atom stereocenters. The Morgan fingerprint density at radius 3 is 2.71 bits per heavy atom. The molecule has 158 valence electrons. The lowest BCUT2D eigenvalue weighted by molar-refractivity contribution is 0.0787. The Balaban J connectivity index is 1.57. The molecule has 0 atom stereocenters. The van der Waals surface area contributed by atoms with Gasteiger partial charge in [0.2, 0.25) is 0 Å². The summed E-state index contributed by atoms with van der Waals surface area (Å²) < 4.78 is 7.43. The van der Waals surface area contributed by atoms with Crippen LogP contribution in [0.5, 0.6) is 0 Å². The molecular formula is C23H24N6O2. The largest absolute Gasteiger partial charge is 0.378 e. The minimum Gasteiger partial charge on any atom is -0.378 e. The van der Waals surface area contributed by atoms with Crippen LogP contribution in [0.25, 0.3) is 16.9 Å². The van der Waals surface area contributed by atoms with E-state index < -0.39 is 0 Å². The van der Waals surface area contributed by atoms with Crippen molar-refractivity contribution in [3.63, 3.8) is 0 Å². The fourth-order valence-electron chi connectivity index (χ4n) is 3.94. The van der Waals surface area contributed by atoms with Crippen molar-refractivity contribution in [1.29, 1.82) is 0 Å². The lowest BCUT2D eigenvalue weighted by atomic mass is 10.1. The Bertz CT molecular complexity index is 1180. The third-order valence-corrected chi connectivity index (χ3v) is 5.56. The first-order chi connectivity index (χ1) is 15.2. The van der Waals surface area contributed by atoms with Gasteiger partial charge in [-0.15, -0.1) is 0 Å². The highest BCUT2D eigenvalue weighted by atomic mass is 16.5. The van der Waals surface area contributed by atoms with E-state index in [2.05, 4.69) is 15.1 Å². The van der Waals surface area contributed by atoms with Crippen LogP contribution in [0.4, 0.5) is 5.82 Å². The molecule has 1 N–H and O–H groups in total. The van der Waals surface area contributed by atoms with Crippen molar-refractivity contribution >= 4 is 22.8 Å². The maximum absolute atomic E-state index is 13.5. The molecule has 0 spiro atoms. The highest BCUT2D eigenvalue weighted by molar-refractivity contribution is 6.06. The number of nitrogens with zero attached hydrogens (tertiary/aromatic N) is 5. The Morgan fingerprint density at radius 1 is 1.16 bits per heavy atom. The zero-order chi connectivity index (χ0) is 21.2. The van der Waals surface area contributed by atoms with Gasteiger partial charge in [-0.25, -0.2) is 4.98 Å². The van der Waals surface area contributed by atoms with Gasteiger partial charge in [-0.2, -0.15) is 5.10 Å². The number of anilines is 1. The second-order valence-electron chi connectivity index (χ2n) is 7.64. The van der Waals surface area contributed by atoms with Crippen molar-refractivity contribution in [3.05, 3.63) is 72.1 Å². The maximum Gasteiger partial charge on any atom is 0.254 e. The van der Waals surface area contributed by atoms with Gasteiger partial charge in [0, 0.05) is 44.3 Å². The highest BCUT2D eigenvalue weighted by Gasteiger charge is 2.22. The van der Waals surface area contributed by atoms with E-state index in [0.717, 1.165) is 41.3 Å². The Kier molecular flexibility index (Phi) is 5.13. The van der Waals surface area contributed by atoms with Crippen LogP contribution < -0.4 is 4.90 Å². The Labute approximate surface area is 180 Å². The minimum atomic E-state index is -0.0341. The number of rotatable bonds is 5. The average Bonchev–Trinajstić information content (AvgIpc) is 3.49. The second-order valence-corrected chi connectivity index (χ2v) is 7.64. The molecule has 31 heavy (non-hydrogen) atoms. The van der Waals surface area contributed by atoms with Crippen molar-refractivity contribution in [2.75, 3.05) is 38.3 Å². The van der Waals surface area contributed by atoms with E-state index in [-0.39, 0.29) is 5.91 Å². The first-order valence-electron chi connectivity index (χ1n) is 10.3. The lowest BCUT2D eigenvalue weighted by Crippen LogP contribution is -2.37. The van der Waals surface area contributed by atoms with Crippen molar-refractivity contribution in [2.45, 2.75) is 6.54 Å². The number of carbonyl (C=O) groups excluding carboxylic acids is 1. The topological polar surface area (TPSA) is 79.3 Å². The third kappa shape index (κ3) is 3.77. The maximum atomic E-state index is 13.5. The van der Waals surface area contributed by atoms with E-state index in [1.807, 2.05) is 66.3 Å². The smallest absolute Gasteiger partial charge is 0.254 e. The normalized spacial score (nSPS) is 14.2. The summed E-state index contributed by atoms with van der Waals surface area (Å²) >= 11 is 0. The molecule has 1 aromatic carbocycles. The number of carbonyl (C=O) groups is 1. The predicted octanol–water partition coefficient (Wildman–Crippen LogP) is 2.86.